The molecular formula is C29H21Br2N3O4S2. The van der Waals surface area contributed by atoms with Gasteiger partial charge in [0.1, 0.15) is 11.8 Å². The minimum absolute atomic E-state index is 0.201. The van der Waals surface area contributed by atoms with Crippen LogP contribution in [0.4, 0.5) is 11.4 Å². The Morgan fingerprint density at radius 3 is 2.40 bits per heavy atom. The van der Waals surface area contributed by atoms with Crippen molar-refractivity contribution in [2.24, 2.45) is 5.92 Å². The van der Waals surface area contributed by atoms with Gasteiger partial charge in [-0.3, -0.25) is 23.7 Å². The third-order valence-corrected chi connectivity index (χ3v) is 10.7. The van der Waals surface area contributed by atoms with Crippen molar-refractivity contribution in [2.75, 3.05) is 10.2 Å². The van der Waals surface area contributed by atoms with Crippen molar-refractivity contribution in [3.8, 4) is 0 Å². The van der Waals surface area contributed by atoms with Crippen LogP contribution in [-0.4, -0.2) is 27.5 Å². The highest BCUT2D eigenvalue weighted by Gasteiger charge is 2.56. The number of amides is 3. The number of aromatic nitrogens is 1. The fraction of sp³-hybridized carbons (Fsp3) is 0.172. The lowest BCUT2D eigenvalue weighted by atomic mass is 9.83. The predicted octanol–water partition coefficient (Wildman–Crippen LogP) is 6.18. The Kier molecular flexibility index (Phi) is 7.32. The van der Waals surface area contributed by atoms with E-state index in [0.29, 0.717) is 21.3 Å². The molecule has 2 unspecified atom stereocenters. The summed E-state index contributed by atoms with van der Waals surface area (Å²) in [5, 5.41) is 2.70. The molecule has 1 aromatic heterocycles. The Morgan fingerprint density at radius 1 is 0.925 bits per heavy atom. The Hall–Kier alpha value is -2.99. The smallest absolute Gasteiger partial charge is 0.308 e. The molecule has 6 rings (SSSR count). The summed E-state index contributed by atoms with van der Waals surface area (Å²) in [7, 11) is 0. The monoisotopic (exact) mass is 697 g/mol. The molecule has 0 saturated carbocycles. The fourth-order valence-corrected chi connectivity index (χ4v) is 8.66. The number of nitrogens with one attached hydrogen (secondary N) is 1. The molecule has 3 atom stereocenters. The molecule has 1 fully saturated rings. The molecule has 2 aliphatic heterocycles. The minimum atomic E-state index is -0.743. The molecule has 3 heterocycles. The first-order chi connectivity index (χ1) is 19.2. The highest BCUT2D eigenvalue weighted by molar-refractivity contribution is 9.10. The van der Waals surface area contributed by atoms with E-state index < -0.39 is 17.1 Å². The van der Waals surface area contributed by atoms with E-state index in [-0.39, 0.29) is 29.1 Å². The van der Waals surface area contributed by atoms with Gasteiger partial charge >= 0.3 is 4.87 Å². The number of fused-ring (bicyclic) bond motifs is 2. The van der Waals surface area contributed by atoms with Gasteiger partial charge < -0.3 is 5.32 Å². The van der Waals surface area contributed by atoms with Crippen molar-refractivity contribution in [1.29, 1.82) is 0 Å². The number of benzene rings is 3. The topological polar surface area (TPSA) is 88.5 Å². The summed E-state index contributed by atoms with van der Waals surface area (Å²) in [6.07, 6.45) is 0. The molecule has 1 saturated heterocycles. The van der Waals surface area contributed by atoms with E-state index in [9.17, 15) is 19.2 Å². The van der Waals surface area contributed by atoms with Gasteiger partial charge in [-0.25, -0.2) is 4.90 Å². The quantitative estimate of drug-likeness (QED) is 0.252. The average molecular weight is 699 g/mol. The number of para-hydroxylation sites is 1. The normalized spacial score (nSPS) is 19.9. The molecule has 202 valence electrons. The summed E-state index contributed by atoms with van der Waals surface area (Å²) in [4.78, 5) is 55.8. The average Bonchev–Trinajstić information content (AvgIpc) is 3.36. The Morgan fingerprint density at radius 2 is 1.68 bits per heavy atom. The zero-order valence-electron chi connectivity index (χ0n) is 21.0. The number of hydrogen-bond donors (Lipinski definition) is 1. The second-order valence-electron chi connectivity index (χ2n) is 9.57. The second kappa shape index (κ2) is 10.8. The molecule has 3 amide bonds. The van der Waals surface area contributed by atoms with E-state index in [1.165, 1.54) is 21.2 Å². The zero-order valence-corrected chi connectivity index (χ0v) is 25.8. The number of hydrogen-bond acceptors (Lipinski definition) is 6. The first-order valence-electron chi connectivity index (χ1n) is 12.4. The molecule has 7 nitrogen and oxygen atoms in total. The van der Waals surface area contributed by atoms with Crippen LogP contribution in [0.3, 0.4) is 0 Å². The van der Waals surface area contributed by atoms with Crippen LogP contribution in [0.1, 0.15) is 21.9 Å². The zero-order chi connectivity index (χ0) is 28.1. The van der Waals surface area contributed by atoms with E-state index in [0.717, 1.165) is 31.4 Å². The number of imide groups is 1. The van der Waals surface area contributed by atoms with Gasteiger partial charge in [-0.1, -0.05) is 85.3 Å². The van der Waals surface area contributed by atoms with E-state index in [1.807, 2.05) is 49.4 Å². The Balaban J connectivity index is 1.42. The third kappa shape index (κ3) is 4.78. The maximum Gasteiger partial charge on any atom is 0.308 e. The number of nitrogens with zero attached hydrogens (tertiary/aromatic N) is 2. The summed E-state index contributed by atoms with van der Waals surface area (Å²) >= 11 is 9.16. The summed E-state index contributed by atoms with van der Waals surface area (Å²) in [5.41, 5.74) is 2.90. The molecule has 0 bridgehead atoms. The van der Waals surface area contributed by atoms with Crippen molar-refractivity contribution in [3.05, 3.63) is 107 Å². The van der Waals surface area contributed by atoms with Gasteiger partial charge in [0, 0.05) is 25.4 Å². The Labute approximate surface area is 254 Å². The predicted molar refractivity (Wildman–Crippen MR) is 164 cm³/mol. The first-order valence-corrected chi connectivity index (χ1v) is 15.7. The van der Waals surface area contributed by atoms with Crippen molar-refractivity contribution < 1.29 is 14.4 Å². The minimum Gasteiger partial charge on any atom is -0.324 e. The van der Waals surface area contributed by atoms with Gasteiger partial charge in [0.15, 0.2) is 0 Å². The lowest BCUT2D eigenvalue weighted by Gasteiger charge is -2.30. The molecule has 2 aliphatic rings. The SMILES string of the molecule is Cc1ccccc1NC(=O)Cn1c2c(sc1=O)[C@H](c1cccc(Br)c1)C1C(=O)N(c3ccc(Br)cc3)C(=O)C1S2. The first kappa shape index (κ1) is 27.2. The molecule has 1 N–H and O–H groups in total. The fourth-order valence-electron chi connectivity index (χ4n) is 5.21. The van der Waals surface area contributed by atoms with Crippen molar-refractivity contribution in [1.82, 2.24) is 4.57 Å². The van der Waals surface area contributed by atoms with Crippen molar-refractivity contribution in [2.45, 2.75) is 29.7 Å². The van der Waals surface area contributed by atoms with E-state index in [2.05, 4.69) is 37.2 Å². The van der Waals surface area contributed by atoms with Crippen LogP contribution in [0.2, 0.25) is 0 Å². The summed E-state index contributed by atoms with van der Waals surface area (Å²) in [6.45, 7) is 1.69. The van der Waals surface area contributed by atoms with Crippen molar-refractivity contribution in [3.63, 3.8) is 0 Å². The number of anilines is 2. The van der Waals surface area contributed by atoms with Crippen LogP contribution in [0.25, 0.3) is 0 Å². The molecule has 11 heteroatoms. The molecule has 0 radical (unpaired) electrons. The molecule has 4 aromatic rings. The maximum absolute atomic E-state index is 13.9. The lowest BCUT2D eigenvalue weighted by Crippen LogP contribution is -2.33. The Bertz CT molecular complexity index is 1730. The highest BCUT2D eigenvalue weighted by Crippen LogP contribution is 2.54. The highest BCUT2D eigenvalue weighted by atomic mass is 79.9. The summed E-state index contributed by atoms with van der Waals surface area (Å²) in [5.74, 6) is -2.19. The number of carbonyl (C=O) groups excluding carboxylic acids is 3. The van der Waals surface area contributed by atoms with Gasteiger partial charge in [0.05, 0.1) is 16.6 Å². The molecule has 0 spiro atoms. The van der Waals surface area contributed by atoms with E-state index in [1.54, 1.807) is 30.3 Å². The van der Waals surface area contributed by atoms with Gasteiger partial charge in [-0.05, 0) is 60.5 Å². The van der Waals surface area contributed by atoms with Gasteiger partial charge in [0.25, 0.3) is 0 Å². The number of halogens is 2. The van der Waals surface area contributed by atoms with Crippen LogP contribution >= 0.6 is 55.0 Å². The largest absolute Gasteiger partial charge is 0.324 e. The number of rotatable bonds is 5. The number of carbonyl (C=O) groups is 3. The van der Waals surface area contributed by atoms with Crippen LogP contribution in [0.5, 0.6) is 0 Å². The standard InChI is InChI=1S/C29H21Br2N3O4S2/c1-15-5-2-3-8-20(15)32-21(35)14-33-28-25(40-29(33)38)22(16-6-4-7-18(31)13-16)23-24(39-28)27(37)34(26(23)36)19-11-9-17(30)10-12-19/h2-13,22-24H,14H2,1H3,(H,32,35)/t22-,23?,24?/m1/s1. The van der Waals surface area contributed by atoms with Gasteiger partial charge in [-0.15, -0.1) is 0 Å². The van der Waals surface area contributed by atoms with Crippen molar-refractivity contribution >= 4 is 84.1 Å². The molecular weight excluding hydrogens is 678 g/mol. The second-order valence-corrected chi connectivity index (χ2v) is 13.5. The molecule has 0 aliphatic carbocycles. The molecule has 40 heavy (non-hydrogen) atoms. The van der Waals surface area contributed by atoms with E-state index in [4.69, 9.17) is 0 Å². The van der Waals surface area contributed by atoms with Crippen LogP contribution in [-0.2, 0) is 20.9 Å². The maximum atomic E-state index is 13.9. The van der Waals surface area contributed by atoms with Crippen LogP contribution in [0, 0.1) is 12.8 Å². The van der Waals surface area contributed by atoms with Crippen LogP contribution < -0.4 is 15.1 Å². The lowest BCUT2D eigenvalue weighted by molar-refractivity contribution is -0.122. The van der Waals surface area contributed by atoms with Crippen LogP contribution in [0.15, 0.2) is 91.6 Å². The summed E-state index contributed by atoms with van der Waals surface area (Å²) in [6, 6.07) is 22.1. The number of thioether (sulfide) groups is 1. The van der Waals surface area contributed by atoms with Gasteiger partial charge in [0.2, 0.25) is 17.7 Å². The molecule has 3 aromatic carbocycles. The number of thiazole rings is 1. The number of aryl methyl sites for hydroxylation is 1. The van der Waals surface area contributed by atoms with Gasteiger partial charge in [-0.2, -0.15) is 0 Å². The third-order valence-electron chi connectivity index (χ3n) is 7.06. The summed E-state index contributed by atoms with van der Waals surface area (Å²) < 4.78 is 3.09. The van der Waals surface area contributed by atoms with E-state index >= 15 is 0 Å².